The summed E-state index contributed by atoms with van der Waals surface area (Å²) in [6.45, 7) is 1.36. The van der Waals surface area contributed by atoms with Crippen molar-refractivity contribution >= 4 is 23.2 Å². The number of rotatable bonds is 2. The van der Waals surface area contributed by atoms with Crippen molar-refractivity contribution in [3.05, 3.63) is 22.4 Å². The van der Waals surface area contributed by atoms with Crippen molar-refractivity contribution in [3.8, 4) is 0 Å². The van der Waals surface area contributed by atoms with Crippen molar-refractivity contribution in [2.75, 3.05) is 13.1 Å². The van der Waals surface area contributed by atoms with Crippen molar-refractivity contribution in [2.45, 2.75) is 31.7 Å². The van der Waals surface area contributed by atoms with Crippen LogP contribution in [0.4, 0.5) is 0 Å². The Balaban J connectivity index is 1.70. The molecule has 0 bridgehead atoms. The van der Waals surface area contributed by atoms with E-state index in [2.05, 4.69) is 16.8 Å². The molecule has 0 saturated carbocycles. The summed E-state index contributed by atoms with van der Waals surface area (Å²) in [5.74, 6) is 0.259. The van der Waals surface area contributed by atoms with Crippen LogP contribution in [0.25, 0.3) is 0 Å². The van der Waals surface area contributed by atoms with E-state index in [0.717, 1.165) is 19.4 Å². The van der Waals surface area contributed by atoms with E-state index in [0.29, 0.717) is 19.4 Å². The molecule has 1 aromatic heterocycles. The third kappa shape index (κ3) is 2.52. The first-order valence-electron chi connectivity index (χ1n) is 6.86. The zero-order chi connectivity index (χ0) is 13.2. The lowest BCUT2D eigenvalue weighted by atomic mass is 9.97. The normalized spacial score (nSPS) is 27.4. The minimum Gasteiger partial charge on any atom is -0.355 e. The fourth-order valence-electron chi connectivity index (χ4n) is 2.99. The minimum atomic E-state index is -0.0294. The van der Waals surface area contributed by atoms with E-state index in [9.17, 15) is 9.59 Å². The average molecular weight is 278 g/mol. The Kier molecular flexibility index (Phi) is 3.55. The smallest absolute Gasteiger partial charge is 0.228 e. The van der Waals surface area contributed by atoms with E-state index in [-0.39, 0.29) is 23.8 Å². The van der Waals surface area contributed by atoms with E-state index >= 15 is 0 Å². The molecule has 0 aromatic carbocycles. The van der Waals surface area contributed by atoms with Gasteiger partial charge in [0.2, 0.25) is 11.8 Å². The van der Waals surface area contributed by atoms with Gasteiger partial charge < -0.3 is 10.2 Å². The molecule has 2 atom stereocenters. The molecule has 5 heteroatoms. The lowest BCUT2D eigenvalue weighted by Crippen LogP contribution is -2.44. The number of amides is 2. The van der Waals surface area contributed by atoms with Crippen LogP contribution in [-0.4, -0.2) is 29.8 Å². The van der Waals surface area contributed by atoms with Gasteiger partial charge in [-0.1, -0.05) is 6.07 Å². The Morgan fingerprint density at radius 3 is 3.00 bits per heavy atom. The summed E-state index contributed by atoms with van der Waals surface area (Å²) in [5, 5.41) is 4.87. The Bertz CT molecular complexity index is 462. The summed E-state index contributed by atoms with van der Waals surface area (Å²) in [6.07, 6.45) is 3.31. The molecule has 0 radical (unpaired) electrons. The number of nitrogens with zero attached hydrogens (tertiary/aromatic N) is 1. The fraction of sp³-hybridized carbons (Fsp3) is 0.571. The van der Waals surface area contributed by atoms with Crippen LogP contribution in [0.2, 0.25) is 0 Å². The summed E-state index contributed by atoms with van der Waals surface area (Å²) in [7, 11) is 0. The van der Waals surface area contributed by atoms with Crippen LogP contribution in [-0.2, 0) is 9.59 Å². The Morgan fingerprint density at radius 1 is 1.42 bits per heavy atom. The molecule has 3 heterocycles. The van der Waals surface area contributed by atoms with Crippen molar-refractivity contribution in [1.82, 2.24) is 10.2 Å². The average Bonchev–Trinajstić information content (AvgIpc) is 3.09. The van der Waals surface area contributed by atoms with Gasteiger partial charge in [-0.3, -0.25) is 9.59 Å². The Labute approximate surface area is 116 Å². The maximum Gasteiger partial charge on any atom is 0.228 e. The summed E-state index contributed by atoms with van der Waals surface area (Å²) in [6, 6.07) is 4.41. The number of likely N-dealkylation sites (tertiary alicyclic amines) is 1. The third-order valence-electron chi connectivity index (χ3n) is 4.02. The molecule has 102 valence electrons. The van der Waals surface area contributed by atoms with Gasteiger partial charge >= 0.3 is 0 Å². The molecule has 2 aliphatic heterocycles. The summed E-state index contributed by atoms with van der Waals surface area (Å²) in [4.78, 5) is 27.1. The third-order valence-corrected chi connectivity index (χ3v) is 5.00. The molecule has 0 spiro atoms. The maximum absolute atomic E-state index is 12.6. The number of carbonyl (C=O) groups excluding carboxylic acids is 2. The molecule has 0 aliphatic carbocycles. The number of piperidine rings is 1. The fourth-order valence-corrected chi connectivity index (χ4v) is 3.86. The number of hydrogen-bond donors (Lipinski definition) is 1. The second kappa shape index (κ2) is 5.33. The van der Waals surface area contributed by atoms with Gasteiger partial charge in [-0.05, 0) is 30.7 Å². The van der Waals surface area contributed by atoms with Gasteiger partial charge in [0.25, 0.3) is 0 Å². The van der Waals surface area contributed by atoms with Crippen molar-refractivity contribution in [2.24, 2.45) is 5.92 Å². The van der Waals surface area contributed by atoms with Gasteiger partial charge in [-0.2, -0.15) is 0 Å². The highest BCUT2D eigenvalue weighted by molar-refractivity contribution is 7.10. The lowest BCUT2D eigenvalue weighted by Gasteiger charge is -2.30. The van der Waals surface area contributed by atoms with Crippen LogP contribution in [0, 0.1) is 5.92 Å². The summed E-state index contributed by atoms with van der Waals surface area (Å²) in [5.41, 5.74) is 0. The Morgan fingerprint density at radius 2 is 2.32 bits per heavy atom. The molecule has 4 nitrogen and oxygen atoms in total. The van der Waals surface area contributed by atoms with E-state index in [1.807, 2.05) is 11.0 Å². The predicted molar refractivity (Wildman–Crippen MR) is 73.7 cm³/mol. The zero-order valence-electron chi connectivity index (χ0n) is 10.8. The van der Waals surface area contributed by atoms with E-state index in [1.165, 1.54) is 4.88 Å². The summed E-state index contributed by atoms with van der Waals surface area (Å²) < 4.78 is 0. The van der Waals surface area contributed by atoms with E-state index < -0.39 is 0 Å². The van der Waals surface area contributed by atoms with Crippen LogP contribution in [0.3, 0.4) is 0 Å². The second-order valence-corrected chi connectivity index (χ2v) is 6.22. The first kappa shape index (κ1) is 12.7. The number of hydrogen-bond acceptors (Lipinski definition) is 3. The van der Waals surface area contributed by atoms with Crippen LogP contribution < -0.4 is 5.32 Å². The molecule has 19 heavy (non-hydrogen) atoms. The number of nitrogens with one attached hydrogen (secondary N) is 1. The number of thiophene rings is 1. The SMILES string of the molecule is O=C1CC[C@H](C(=O)N2CCC[C@@H]2c2cccs2)CN1. The quantitative estimate of drug-likeness (QED) is 0.898. The first-order chi connectivity index (χ1) is 9.25. The van der Waals surface area contributed by atoms with Crippen LogP contribution in [0.5, 0.6) is 0 Å². The molecule has 2 amide bonds. The molecule has 2 aliphatic rings. The van der Waals surface area contributed by atoms with E-state index in [4.69, 9.17) is 0 Å². The second-order valence-electron chi connectivity index (χ2n) is 5.24. The van der Waals surface area contributed by atoms with Gasteiger partial charge in [-0.15, -0.1) is 11.3 Å². The van der Waals surface area contributed by atoms with Gasteiger partial charge in [0, 0.05) is 24.4 Å². The van der Waals surface area contributed by atoms with Crippen molar-refractivity contribution in [3.63, 3.8) is 0 Å². The monoisotopic (exact) mass is 278 g/mol. The molecule has 2 fully saturated rings. The van der Waals surface area contributed by atoms with Crippen molar-refractivity contribution < 1.29 is 9.59 Å². The van der Waals surface area contributed by atoms with Crippen molar-refractivity contribution in [1.29, 1.82) is 0 Å². The molecule has 2 saturated heterocycles. The highest BCUT2D eigenvalue weighted by Gasteiger charge is 2.35. The summed E-state index contributed by atoms with van der Waals surface area (Å²) >= 11 is 1.72. The van der Waals surface area contributed by atoms with Gasteiger partial charge in [0.15, 0.2) is 0 Å². The van der Waals surface area contributed by atoms with Gasteiger partial charge in [0.05, 0.1) is 12.0 Å². The maximum atomic E-state index is 12.6. The zero-order valence-corrected chi connectivity index (χ0v) is 11.6. The highest BCUT2D eigenvalue weighted by Crippen LogP contribution is 2.35. The largest absolute Gasteiger partial charge is 0.355 e. The molecule has 1 aromatic rings. The topological polar surface area (TPSA) is 49.4 Å². The first-order valence-corrected chi connectivity index (χ1v) is 7.74. The lowest BCUT2D eigenvalue weighted by molar-refractivity contribution is -0.138. The van der Waals surface area contributed by atoms with Gasteiger partial charge in [-0.25, -0.2) is 0 Å². The molecule has 0 unspecified atom stereocenters. The van der Waals surface area contributed by atoms with Crippen LogP contribution in [0.15, 0.2) is 17.5 Å². The van der Waals surface area contributed by atoms with E-state index in [1.54, 1.807) is 11.3 Å². The predicted octanol–water partition coefficient (Wildman–Crippen LogP) is 1.94. The van der Waals surface area contributed by atoms with Crippen LogP contribution >= 0.6 is 11.3 Å². The molecular formula is C14H18N2O2S. The minimum absolute atomic E-state index is 0.0294. The molecule has 3 rings (SSSR count). The van der Waals surface area contributed by atoms with Gasteiger partial charge in [0.1, 0.15) is 0 Å². The highest BCUT2D eigenvalue weighted by atomic mass is 32.1. The standard InChI is InChI=1S/C14H18N2O2S/c17-13-6-5-10(9-15-13)14(18)16-7-1-3-11(16)12-4-2-8-19-12/h2,4,8,10-11H,1,3,5-7,9H2,(H,15,17)/t10-,11+/m0/s1. The van der Waals surface area contributed by atoms with Crippen LogP contribution in [0.1, 0.15) is 36.6 Å². The number of carbonyl (C=O) groups is 2. The molecule has 1 N–H and O–H groups in total. The Hall–Kier alpha value is -1.36. The molecular weight excluding hydrogens is 260 g/mol.